The summed E-state index contributed by atoms with van der Waals surface area (Å²) in [6, 6.07) is 5.88. The monoisotopic (exact) mass is 250 g/mol. The fourth-order valence-corrected chi connectivity index (χ4v) is 2.77. The van der Waals surface area contributed by atoms with E-state index >= 15 is 0 Å². The molecule has 3 nitrogen and oxygen atoms in total. The summed E-state index contributed by atoms with van der Waals surface area (Å²) in [5.74, 6) is -0.273. The predicted octanol–water partition coefficient (Wildman–Crippen LogP) is 3.17. The highest BCUT2D eigenvalue weighted by molar-refractivity contribution is 7.17. The molecule has 1 heterocycles. The number of thiophene rings is 1. The first-order valence-electron chi connectivity index (χ1n) is 5.38. The van der Waals surface area contributed by atoms with E-state index in [1.165, 1.54) is 0 Å². The Morgan fingerprint density at radius 1 is 1.53 bits per heavy atom. The molecule has 0 radical (unpaired) electrons. The van der Waals surface area contributed by atoms with Crippen LogP contribution in [0.3, 0.4) is 0 Å². The van der Waals surface area contributed by atoms with Crippen molar-refractivity contribution in [3.05, 3.63) is 29.1 Å². The van der Waals surface area contributed by atoms with E-state index in [4.69, 9.17) is 9.84 Å². The molecular weight excluding hydrogens is 236 g/mol. The second-order valence-corrected chi connectivity index (χ2v) is 4.98. The molecule has 2 aromatic rings. The Bertz CT molecular complexity index is 545. The quantitative estimate of drug-likeness (QED) is 0.906. The van der Waals surface area contributed by atoms with E-state index in [1.54, 1.807) is 25.4 Å². The van der Waals surface area contributed by atoms with Gasteiger partial charge >= 0.3 is 5.97 Å². The lowest BCUT2D eigenvalue weighted by Crippen LogP contribution is -2.11. The third kappa shape index (κ3) is 2.42. The maximum absolute atomic E-state index is 10.8. The maximum atomic E-state index is 10.8. The van der Waals surface area contributed by atoms with Crippen LogP contribution in [0, 0.1) is 5.92 Å². The number of aliphatic carboxylic acids is 1. The second kappa shape index (κ2) is 4.75. The molecule has 0 spiro atoms. The van der Waals surface area contributed by atoms with Gasteiger partial charge in [0.15, 0.2) is 0 Å². The third-order valence-corrected chi connectivity index (χ3v) is 3.80. The number of rotatable bonds is 4. The molecule has 4 heteroatoms. The Hall–Kier alpha value is -1.55. The lowest BCUT2D eigenvalue weighted by atomic mass is 10.0. The molecule has 0 bridgehead atoms. The maximum Gasteiger partial charge on any atom is 0.306 e. The standard InChI is InChI=1S/C13H14O3S/c1-8(13(14)15)5-9-7-17-12-6-10(16-2)3-4-11(9)12/h3-4,6-8H,5H2,1-2H3,(H,14,15). The van der Waals surface area contributed by atoms with Crippen molar-refractivity contribution in [3.8, 4) is 5.75 Å². The van der Waals surface area contributed by atoms with E-state index in [-0.39, 0.29) is 5.92 Å². The Morgan fingerprint density at radius 3 is 2.94 bits per heavy atom. The smallest absolute Gasteiger partial charge is 0.306 e. The number of carbonyl (C=O) groups is 1. The largest absolute Gasteiger partial charge is 0.497 e. The summed E-state index contributed by atoms with van der Waals surface area (Å²) in [5, 5.41) is 12.1. The van der Waals surface area contributed by atoms with E-state index in [1.807, 2.05) is 23.6 Å². The molecular formula is C13H14O3S. The first-order chi connectivity index (χ1) is 8.11. The number of hydrogen-bond acceptors (Lipinski definition) is 3. The molecule has 1 unspecified atom stereocenters. The number of fused-ring (bicyclic) bond motifs is 1. The Labute approximate surface area is 104 Å². The van der Waals surface area contributed by atoms with Gasteiger partial charge in [0.2, 0.25) is 0 Å². The zero-order valence-electron chi connectivity index (χ0n) is 9.77. The van der Waals surface area contributed by atoms with Crippen molar-refractivity contribution in [1.29, 1.82) is 0 Å². The van der Waals surface area contributed by atoms with Gasteiger partial charge < -0.3 is 9.84 Å². The molecule has 0 aliphatic carbocycles. The topological polar surface area (TPSA) is 46.5 Å². The fourth-order valence-electron chi connectivity index (χ4n) is 1.77. The number of carboxylic acid groups (broad SMARTS) is 1. The molecule has 0 saturated carbocycles. The van der Waals surface area contributed by atoms with Crippen LogP contribution in [0.25, 0.3) is 10.1 Å². The van der Waals surface area contributed by atoms with E-state index in [2.05, 4.69) is 0 Å². The van der Waals surface area contributed by atoms with E-state index < -0.39 is 5.97 Å². The molecule has 1 atom stereocenters. The van der Waals surface area contributed by atoms with Gasteiger partial charge in [-0.25, -0.2) is 0 Å². The molecule has 17 heavy (non-hydrogen) atoms. The molecule has 2 rings (SSSR count). The van der Waals surface area contributed by atoms with Gasteiger partial charge in [-0.2, -0.15) is 0 Å². The molecule has 0 aliphatic rings. The van der Waals surface area contributed by atoms with Crippen LogP contribution in [0.1, 0.15) is 12.5 Å². The lowest BCUT2D eigenvalue weighted by Gasteiger charge is -2.05. The number of carboxylic acids is 1. The van der Waals surface area contributed by atoms with Crippen LogP contribution in [0.2, 0.25) is 0 Å². The van der Waals surface area contributed by atoms with Gasteiger partial charge in [-0.3, -0.25) is 4.79 Å². The number of hydrogen-bond donors (Lipinski definition) is 1. The van der Waals surface area contributed by atoms with Crippen molar-refractivity contribution in [3.63, 3.8) is 0 Å². The summed E-state index contributed by atoms with van der Waals surface area (Å²) < 4.78 is 6.30. The van der Waals surface area contributed by atoms with Gasteiger partial charge in [0, 0.05) is 4.70 Å². The number of ether oxygens (including phenoxy) is 1. The van der Waals surface area contributed by atoms with Gasteiger partial charge in [0.1, 0.15) is 5.75 Å². The number of methoxy groups -OCH3 is 1. The number of benzene rings is 1. The summed E-state index contributed by atoms with van der Waals surface area (Å²) in [6.45, 7) is 1.73. The first-order valence-corrected chi connectivity index (χ1v) is 6.26. The average Bonchev–Trinajstić information content (AvgIpc) is 2.71. The highest BCUT2D eigenvalue weighted by atomic mass is 32.1. The van der Waals surface area contributed by atoms with E-state index in [9.17, 15) is 4.79 Å². The molecule has 0 saturated heterocycles. The molecule has 90 valence electrons. The Kier molecular flexibility index (Phi) is 3.33. The van der Waals surface area contributed by atoms with Crippen LogP contribution in [0.5, 0.6) is 5.75 Å². The average molecular weight is 250 g/mol. The predicted molar refractivity (Wildman–Crippen MR) is 68.9 cm³/mol. The summed E-state index contributed by atoms with van der Waals surface area (Å²) in [7, 11) is 1.64. The molecule has 1 aromatic carbocycles. The molecule has 0 aliphatic heterocycles. The van der Waals surface area contributed by atoms with Gasteiger partial charge in [-0.1, -0.05) is 6.92 Å². The van der Waals surface area contributed by atoms with Crippen molar-refractivity contribution < 1.29 is 14.6 Å². The van der Waals surface area contributed by atoms with Crippen LogP contribution in [-0.4, -0.2) is 18.2 Å². The molecule has 0 amide bonds. The van der Waals surface area contributed by atoms with Crippen LogP contribution in [0.4, 0.5) is 0 Å². The van der Waals surface area contributed by atoms with Crippen LogP contribution >= 0.6 is 11.3 Å². The van der Waals surface area contributed by atoms with Gasteiger partial charge in [0.05, 0.1) is 13.0 Å². The zero-order valence-corrected chi connectivity index (χ0v) is 10.6. The lowest BCUT2D eigenvalue weighted by molar-refractivity contribution is -0.141. The van der Waals surface area contributed by atoms with Gasteiger partial charge in [-0.05, 0) is 40.9 Å². The summed E-state index contributed by atoms with van der Waals surface area (Å²) in [4.78, 5) is 10.8. The summed E-state index contributed by atoms with van der Waals surface area (Å²) >= 11 is 1.62. The normalized spacial score (nSPS) is 12.6. The minimum Gasteiger partial charge on any atom is -0.497 e. The minimum absolute atomic E-state index is 0.352. The molecule has 1 aromatic heterocycles. The Balaban J connectivity index is 2.33. The minimum atomic E-state index is -0.752. The van der Waals surface area contributed by atoms with E-state index in [0.29, 0.717) is 6.42 Å². The van der Waals surface area contributed by atoms with Crippen molar-refractivity contribution in [2.24, 2.45) is 5.92 Å². The van der Waals surface area contributed by atoms with Crippen molar-refractivity contribution >= 4 is 27.4 Å². The second-order valence-electron chi connectivity index (χ2n) is 4.07. The SMILES string of the molecule is COc1ccc2c(CC(C)C(=O)O)csc2c1. The van der Waals surface area contributed by atoms with Crippen molar-refractivity contribution in [2.45, 2.75) is 13.3 Å². The molecule has 0 fully saturated rings. The van der Waals surface area contributed by atoms with Crippen LogP contribution < -0.4 is 4.74 Å². The summed E-state index contributed by atoms with van der Waals surface area (Å²) in [5.41, 5.74) is 1.10. The van der Waals surface area contributed by atoms with Crippen LogP contribution in [-0.2, 0) is 11.2 Å². The summed E-state index contributed by atoms with van der Waals surface area (Å²) in [6.07, 6.45) is 0.571. The van der Waals surface area contributed by atoms with Crippen molar-refractivity contribution in [2.75, 3.05) is 7.11 Å². The molecule has 1 N–H and O–H groups in total. The van der Waals surface area contributed by atoms with Gasteiger partial charge in [0.25, 0.3) is 0 Å². The highest BCUT2D eigenvalue weighted by Crippen LogP contribution is 2.30. The van der Waals surface area contributed by atoms with E-state index in [0.717, 1.165) is 21.4 Å². The Morgan fingerprint density at radius 2 is 2.29 bits per heavy atom. The first kappa shape index (κ1) is 11.9. The third-order valence-electron chi connectivity index (χ3n) is 2.81. The van der Waals surface area contributed by atoms with Crippen molar-refractivity contribution in [1.82, 2.24) is 0 Å². The fraction of sp³-hybridized carbons (Fsp3) is 0.308. The zero-order chi connectivity index (χ0) is 12.4. The highest BCUT2D eigenvalue weighted by Gasteiger charge is 2.14. The van der Waals surface area contributed by atoms with Gasteiger partial charge in [-0.15, -0.1) is 11.3 Å². The van der Waals surface area contributed by atoms with Crippen LogP contribution in [0.15, 0.2) is 23.6 Å².